The van der Waals surface area contributed by atoms with Crippen molar-refractivity contribution in [1.82, 2.24) is 10.2 Å². The Kier molecular flexibility index (Phi) is 6.41. The van der Waals surface area contributed by atoms with E-state index in [1.165, 1.54) is 0 Å². The van der Waals surface area contributed by atoms with E-state index in [9.17, 15) is 14.4 Å². The van der Waals surface area contributed by atoms with Gasteiger partial charge in [-0.1, -0.05) is 6.07 Å². The van der Waals surface area contributed by atoms with E-state index in [2.05, 4.69) is 10.6 Å². The summed E-state index contributed by atoms with van der Waals surface area (Å²) in [7, 11) is 0. The van der Waals surface area contributed by atoms with Gasteiger partial charge in [-0.25, -0.2) is 0 Å². The van der Waals surface area contributed by atoms with Crippen molar-refractivity contribution in [1.29, 1.82) is 0 Å². The van der Waals surface area contributed by atoms with Gasteiger partial charge in [0.2, 0.25) is 11.8 Å². The maximum absolute atomic E-state index is 12.7. The van der Waals surface area contributed by atoms with Crippen LogP contribution in [-0.4, -0.2) is 61.6 Å². The van der Waals surface area contributed by atoms with Gasteiger partial charge in [-0.05, 0) is 25.5 Å². The highest BCUT2D eigenvalue weighted by Crippen LogP contribution is 2.32. The third kappa shape index (κ3) is 4.45. The van der Waals surface area contributed by atoms with Crippen LogP contribution in [0.25, 0.3) is 0 Å². The maximum atomic E-state index is 12.7. The lowest BCUT2D eigenvalue weighted by atomic mass is 10.0. The quantitative estimate of drug-likeness (QED) is 0.492. The molecule has 8 heteroatoms. The van der Waals surface area contributed by atoms with Crippen LogP contribution in [-0.2, 0) is 25.6 Å². The second-order valence-corrected chi connectivity index (χ2v) is 6.47. The van der Waals surface area contributed by atoms with E-state index in [1.54, 1.807) is 11.0 Å². The number of piperidine rings is 1. The monoisotopic (exact) mass is 375 g/mol. The Labute approximate surface area is 158 Å². The van der Waals surface area contributed by atoms with Crippen molar-refractivity contribution < 1.29 is 23.9 Å². The third-order valence-corrected chi connectivity index (χ3v) is 4.72. The van der Waals surface area contributed by atoms with Crippen molar-refractivity contribution in [3.05, 3.63) is 29.3 Å². The predicted molar refractivity (Wildman–Crippen MR) is 98.3 cm³/mol. The molecule has 1 aromatic rings. The summed E-state index contributed by atoms with van der Waals surface area (Å²) in [5.74, 6) is -0.854. The van der Waals surface area contributed by atoms with Crippen LogP contribution in [0.3, 0.4) is 0 Å². The zero-order chi connectivity index (χ0) is 19.2. The van der Waals surface area contributed by atoms with Crippen LogP contribution in [0.5, 0.6) is 0 Å². The van der Waals surface area contributed by atoms with Gasteiger partial charge in [-0.15, -0.1) is 0 Å². The molecule has 1 unspecified atom stereocenters. The number of rotatable bonds is 9. The Morgan fingerprint density at radius 3 is 2.78 bits per heavy atom. The first kappa shape index (κ1) is 19.3. The van der Waals surface area contributed by atoms with Gasteiger partial charge in [0.1, 0.15) is 6.04 Å². The van der Waals surface area contributed by atoms with Gasteiger partial charge < -0.3 is 19.7 Å². The van der Waals surface area contributed by atoms with Gasteiger partial charge in [0.05, 0.1) is 19.8 Å². The van der Waals surface area contributed by atoms with Crippen molar-refractivity contribution in [2.75, 3.05) is 38.3 Å². The number of carbonyl (C=O) groups excluding carboxylic acids is 3. The minimum Gasteiger partial charge on any atom is -0.382 e. The molecule has 0 aromatic heterocycles. The number of benzene rings is 1. The average Bonchev–Trinajstić information content (AvgIpc) is 2.98. The summed E-state index contributed by atoms with van der Waals surface area (Å²) >= 11 is 0. The zero-order valence-electron chi connectivity index (χ0n) is 15.5. The largest absolute Gasteiger partial charge is 0.382 e. The zero-order valence-corrected chi connectivity index (χ0v) is 15.5. The standard InChI is InChI=1S/C19H25N3O5/c1-2-26-10-11-27-9-8-20-15-5-3-4-13-14(15)12-22(19(13)25)16-6-7-17(23)21-18(16)24/h3-5,16,20H,2,6-12H2,1H3,(H,21,23,24). The summed E-state index contributed by atoms with van der Waals surface area (Å²) in [6.07, 6.45) is 0.613. The molecular weight excluding hydrogens is 350 g/mol. The number of anilines is 1. The van der Waals surface area contributed by atoms with Gasteiger partial charge in [0.25, 0.3) is 5.91 Å². The summed E-state index contributed by atoms with van der Waals surface area (Å²) in [6.45, 7) is 5.23. The Morgan fingerprint density at radius 1 is 1.19 bits per heavy atom. The Balaban J connectivity index is 1.59. The average molecular weight is 375 g/mol. The van der Waals surface area contributed by atoms with Crippen LogP contribution < -0.4 is 10.6 Å². The highest BCUT2D eigenvalue weighted by atomic mass is 16.5. The number of amides is 3. The Hall–Kier alpha value is -2.45. The number of hydrogen-bond acceptors (Lipinski definition) is 6. The van der Waals surface area contributed by atoms with Crippen LogP contribution in [0.4, 0.5) is 5.69 Å². The summed E-state index contributed by atoms with van der Waals surface area (Å²) in [5.41, 5.74) is 2.34. The lowest BCUT2D eigenvalue weighted by Gasteiger charge is -2.29. The van der Waals surface area contributed by atoms with E-state index in [1.807, 2.05) is 19.1 Å². The lowest BCUT2D eigenvalue weighted by molar-refractivity contribution is -0.136. The molecule has 1 fully saturated rings. The molecule has 8 nitrogen and oxygen atoms in total. The van der Waals surface area contributed by atoms with E-state index >= 15 is 0 Å². The van der Waals surface area contributed by atoms with Crippen molar-refractivity contribution in [3.8, 4) is 0 Å². The molecule has 27 heavy (non-hydrogen) atoms. The van der Waals surface area contributed by atoms with E-state index in [-0.39, 0.29) is 18.2 Å². The van der Waals surface area contributed by atoms with Crippen molar-refractivity contribution in [2.45, 2.75) is 32.4 Å². The second kappa shape index (κ2) is 8.96. The molecule has 1 atom stereocenters. The molecule has 1 saturated heterocycles. The topological polar surface area (TPSA) is 97.0 Å². The third-order valence-electron chi connectivity index (χ3n) is 4.72. The summed E-state index contributed by atoms with van der Waals surface area (Å²) in [4.78, 5) is 37.8. The first-order valence-electron chi connectivity index (χ1n) is 9.27. The highest BCUT2D eigenvalue weighted by Gasteiger charge is 2.39. The summed E-state index contributed by atoms with van der Waals surface area (Å²) in [6, 6.07) is 4.91. The molecule has 3 amide bonds. The first-order chi connectivity index (χ1) is 13.1. The number of fused-ring (bicyclic) bond motifs is 1. The molecule has 0 bridgehead atoms. The lowest BCUT2D eigenvalue weighted by Crippen LogP contribution is -2.52. The Bertz CT molecular complexity index is 721. The molecule has 146 valence electrons. The molecule has 2 N–H and O–H groups in total. The number of ether oxygens (including phenoxy) is 2. The molecule has 2 aliphatic rings. The molecule has 2 aliphatic heterocycles. The smallest absolute Gasteiger partial charge is 0.255 e. The van der Waals surface area contributed by atoms with E-state index in [4.69, 9.17) is 9.47 Å². The van der Waals surface area contributed by atoms with Gasteiger partial charge in [-0.3, -0.25) is 19.7 Å². The number of hydrogen-bond donors (Lipinski definition) is 2. The number of imide groups is 1. The molecule has 0 radical (unpaired) electrons. The fourth-order valence-corrected chi connectivity index (χ4v) is 3.37. The van der Waals surface area contributed by atoms with Gasteiger partial charge >= 0.3 is 0 Å². The molecule has 2 heterocycles. The van der Waals surface area contributed by atoms with E-state index in [0.29, 0.717) is 51.5 Å². The van der Waals surface area contributed by atoms with Crippen molar-refractivity contribution in [2.24, 2.45) is 0 Å². The minimum atomic E-state index is -0.600. The summed E-state index contributed by atoms with van der Waals surface area (Å²) < 4.78 is 10.7. The first-order valence-corrected chi connectivity index (χ1v) is 9.27. The molecule has 1 aromatic carbocycles. The van der Waals surface area contributed by atoms with Crippen molar-refractivity contribution in [3.63, 3.8) is 0 Å². The summed E-state index contributed by atoms with van der Waals surface area (Å²) in [5, 5.41) is 5.62. The molecule has 0 saturated carbocycles. The number of nitrogens with zero attached hydrogens (tertiary/aromatic N) is 1. The molecule has 0 spiro atoms. The number of carbonyl (C=O) groups is 3. The van der Waals surface area contributed by atoms with Crippen LogP contribution in [0.1, 0.15) is 35.7 Å². The predicted octanol–water partition coefficient (Wildman–Crippen LogP) is 0.913. The van der Waals surface area contributed by atoms with Crippen LogP contribution >= 0.6 is 0 Å². The normalized spacial score (nSPS) is 19.2. The van der Waals surface area contributed by atoms with Crippen molar-refractivity contribution >= 4 is 23.4 Å². The molecular formula is C19H25N3O5. The Morgan fingerprint density at radius 2 is 2.00 bits per heavy atom. The second-order valence-electron chi connectivity index (χ2n) is 6.47. The number of nitrogens with one attached hydrogen (secondary N) is 2. The van der Waals surface area contributed by atoms with E-state index < -0.39 is 11.9 Å². The van der Waals surface area contributed by atoms with E-state index in [0.717, 1.165) is 11.3 Å². The van der Waals surface area contributed by atoms with Crippen LogP contribution in [0, 0.1) is 0 Å². The van der Waals surface area contributed by atoms with Crippen LogP contribution in [0.15, 0.2) is 18.2 Å². The fraction of sp³-hybridized carbons (Fsp3) is 0.526. The molecule has 3 rings (SSSR count). The maximum Gasteiger partial charge on any atom is 0.255 e. The molecule has 0 aliphatic carbocycles. The SMILES string of the molecule is CCOCCOCCNc1cccc2c1CN(C1CCC(=O)NC1=O)C2=O. The fourth-order valence-electron chi connectivity index (χ4n) is 3.37. The minimum absolute atomic E-state index is 0.170. The highest BCUT2D eigenvalue weighted by molar-refractivity contribution is 6.06. The van der Waals surface area contributed by atoms with Crippen LogP contribution in [0.2, 0.25) is 0 Å². The van der Waals surface area contributed by atoms with Gasteiger partial charge in [0.15, 0.2) is 0 Å². The van der Waals surface area contributed by atoms with Gasteiger partial charge in [-0.2, -0.15) is 0 Å². The van der Waals surface area contributed by atoms with Gasteiger partial charge in [0, 0.05) is 42.9 Å².